The minimum Gasteiger partial charge on any atom is -0.342 e. The van der Waals surface area contributed by atoms with Crippen LogP contribution in [0.2, 0.25) is 0 Å². The van der Waals surface area contributed by atoms with E-state index in [2.05, 4.69) is 5.32 Å². The molecular weight excluding hydrogens is 276 g/mol. The van der Waals surface area contributed by atoms with E-state index in [0.717, 1.165) is 6.42 Å². The number of nitrogens with zero attached hydrogens (tertiary/aromatic N) is 1. The number of nitrogens with one attached hydrogen (secondary N) is 1. The number of piperazine rings is 1. The lowest BCUT2D eigenvalue weighted by Gasteiger charge is -2.41. The molecule has 1 saturated heterocycles. The molecule has 6 heteroatoms. The van der Waals surface area contributed by atoms with Crippen LogP contribution >= 0.6 is 0 Å². The van der Waals surface area contributed by atoms with Crippen molar-refractivity contribution in [3.63, 3.8) is 0 Å². The van der Waals surface area contributed by atoms with Crippen molar-refractivity contribution in [2.75, 3.05) is 18.6 Å². The summed E-state index contributed by atoms with van der Waals surface area (Å²) in [6.45, 7) is 6.40. The van der Waals surface area contributed by atoms with Gasteiger partial charge in [0.25, 0.3) is 0 Å². The van der Waals surface area contributed by atoms with E-state index in [-0.39, 0.29) is 17.7 Å². The Morgan fingerprint density at radius 1 is 1.35 bits per heavy atom. The van der Waals surface area contributed by atoms with Crippen molar-refractivity contribution < 1.29 is 13.8 Å². The quantitative estimate of drug-likeness (QED) is 0.760. The first-order chi connectivity index (χ1) is 9.38. The van der Waals surface area contributed by atoms with Crippen molar-refractivity contribution >= 4 is 22.6 Å². The molecule has 3 unspecified atom stereocenters. The smallest absolute Gasteiger partial charge is 0.245 e. The number of carbonyl (C=O) groups excluding carboxylic acids is 2. The van der Waals surface area contributed by atoms with Crippen LogP contribution in [0, 0.1) is 5.92 Å². The Hall–Kier alpha value is -0.910. The molecule has 5 nitrogen and oxygen atoms in total. The lowest BCUT2D eigenvalue weighted by atomic mass is 9.95. The Balaban J connectivity index is 2.81. The van der Waals surface area contributed by atoms with Gasteiger partial charge < -0.3 is 10.2 Å². The number of amides is 2. The van der Waals surface area contributed by atoms with E-state index >= 15 is 0 Å². The zero-order valence-corrected chi connectivity index (χ0v) is 13.7. The highest BCUT2D eigenvalue weighted by Crippen LogP contribution is 2.19. The molecule has 1 aliphatic rings. The third-order valence-electron chi connectivity index (χ3n) is 3.54. The first-order valence-corrected chi connectivity index (χ1v) is 9.02. The van der Waals surface area contributed by atoms with Crippen molar-refractivity contribution in [3.8, 4) is 0 Å². The molecule has 1 rings (SSSR count). The van der Waals surface area contributed by atoms with Crippen LogP contribution in [0.3, 0.4) is 0 Å². The standard InChI is InChI=1S/C14H26N2O3S/c1-5-7-11-14(18)16(8-6-9-20(4)19)12(10(2)3)13(17)15-11/h10-12H,5-9H2,1-4H3,(H,15,17). The van der Waals surface area contributed by atoms with Gasteiger partial charge in [-0.15, -0.1) is 0 Å². The molecule has 0 radical (unpaired) electrons. The first kappa shape index (κ1) is 17.1. The van der Waals surface area contributed by atoms with E-state index in [1.807, 2.05) is 20.8 Å². The summed E-state index contributed by atoms with van der Waals surface area (Å²) in [6, 6.07) is -0.796. The zero-order valence-electron chi connectivity index (χ0n) is 12.8. The predicted octanol–water partition coefficient (Wildman–Crippen LogP) is 0.907. The monoisotopic (exact) mass is 302 g/mol. The molecule has 0 spiro atoms. The molecule has 1 heterocycles. The van der Waals surface area contributed by atoms with E-state index in [1.165, 1.54) is 0 Å². The molecule has 1 N–H and O–H groups in total. The molecule has 2 amide bonds. The van der Waals surface area contributed by atoms with Gasteiger partial charge >= 0.3 is 0 Å². The number of carbonyl (C=O) groups is 2. The average Bonchev–Trinajstić information content (AvgIpc) is 2.34. The summed E-state index contributed by atoms with van der Waals surface area (Å²) in [5.74, 6) is 0.589. The van der Waals surface area contributed by atoms with Gasteiger partial charge in [-0.25, -0.2) is 0 Å². The topological polar surface area (TPSA) is 66.5 Å². The predicted molar refractivity (Wildman–Crippen MR) is 80.7 cm³/mol. The second-order valence-electron chi connectivity index (χ2n) is 5.70. The van der Waals surface area contributed by atoms with Gasteiger partial charge in [0.15, 0.2) is 0 Å². The maximum atomic E-state index is 12.5. The summed E-state index contributed by atoms with van der Waals surface area (Å²) in [4.78, 5) is 26.4. The highest BCUT2D eigenvalue weighted by atomic mass is 32.2. The van der Waals surface area contributed by atoms with Gasteiger partial charge in [-0.2, -0.15) is 0 Å². The molecule has 0 aliphatic carbocycles. The summed E-state index contributed by atoms with van der Waals surface area (Å²) < 4.78 is 11.1. The second kappa shape index (κ2) is 7.76. The Morgan fingerprint density at radius 2 is 2.00 bits per heavy atom. The lowest BCUT2D eigenvalue weighted by Crippen LogP contribution is -2.64. The minimum absolute atomic E-state index is 0.00651. The normalized spacial score (nSPS) is 24.9. The average molecular weight is 302 g/mol. The van der Waals surface area contributed by atoms with Gasteiger partial charge in [0.05, 0.1) is 0 Å². The van der Waals surface area contributed by atoms with Crippen LogP contribution in [0.25, 0.3) is 0 Å². The van der Waals surface area contributed by atoms with Crippen LogP contribution in [0.4, 0.5) is 0 Å². The molecule has 3 atom stereocenters. The largest absolute Gasteiger partial charge is 0.342 e. The van der Waals surface area contributed by atoms with Gasteiger partial charge in [-0.1, -0.05) is 27.2 Å². The SMILES string of the molecule is CCCC1NC(=O)C(C(C)C)N(CCCS(C)=O)C1=O. The van der Waals surface area contributed by atoms with Gasteiger partial charge in [-0.3, -0.25) is 13.8 Å². The van der Waals surface area contributed by atoms with Crippen LogP contribution in [0.1, 0.15) is 40.0 Å². The molecule has 0 aromatic heterocycles. The van der Waals surface area contributed by atoms with Crippen molar-refractivity contribution in [1.82, 2.24) is 10.2 Å². The van der Waals surface area contributed by atoms with Crippen molar-refractivity contribution in [2.45, 2.75) is 52.1 Å². The van der Waals surface area contributed by atoms with E-state index < -0.39 is 22.9 Å². The summed E-state index contributed by atoms with van der Waals surface area (Å²) in [7, 11) is -0.862. The Kier molecular flexibility index (Phi) is 6.65. The molecular formula is C14H26N2O3S. The molecule has 0 saturated carbocycles. The van der Waals surface area contributed by atoms with E-state index in [4.69, 9.17) is 0 Å². The lowest BCUT2D eigenvalue weighted by molar-refractivity contribution is -0.151. The molecule has 0 bridgehead atoms. The molecule has 0 aromatic carbocycles. The highest BCUT2D eigenvalue weighted by Gasteiger charge is 2.40. The number of rotatable bonds is 7. The van der Waals surface area contributed by atoms with Crippen molar-refractivity contribution in [1.29, 1.82) is 0 Å². The van der Waals surface area contributed by atoms with Gasteiger partial charge in [0.2, 0.25) is 11.8 Å². The van der Waals surface area contributed by atoms with Crippen LogP contribution < -0.4 is 5.32 Å². The summed E-state index contributed by atoms with van der Waals surface area (Å²) in [5.41, 5.74) is 0. The summed E-state index contributed by atoms with van der Waals surface area (Å²) in [5, 5.41) is 2.84. The van der Waals surface area contributed by atoms with Crippen molar-refractivity contribution in [3.05, 3.63) is 0 Å². The fourth-order valence-corrected chi connectivity index (χ4v) is 3.17. The Bertz CT molecular complexity index is 385. The van der Waals surface area contributed by atoms with Crippen LogP contribution in [0.5, 0.6) is 0 Å². The van der Waals surface area contributed by atoms with Gasteiger partial charge in [0.1, 0.15) is 12.1 Å². The Morgan fingerprint density at radius 3 is 2.50 bits per heavy atom. The zero-order chi connectivity index (χ0) is 15.3. The third kappa shape index (κ3) is 4.30. The van der Waals surface area contributed by atoms with Crippen molar-refractivity contribution in [2.24, 2.45) is 5.92 Å². The summed E-state index contributed by atoms with van der Waals surface area (Å²) >= 11 is 0. The molecule has 20 heavy (non-hydrogen) atoms. The van der Waals surface area contributed by atoms with Crippen LogP contribution in [0.15, 0.2) is 0 Å². The van der Waals surface area contributed by atoms with E-state index in [0.29, 0.717) is 25.1 Å². The third-order valence-corrected chi connectivity index (χ3v) is 4.41. The fourth-order valence-electron chi connectivity index (χ4n) is 2.63. The molecule has 1 fully saturated rings. The fraction of sp³-hybridized carbons (Fsp3) is 0.857. The van der Waals surface area contributed by atoms with Gasteiger partial charge in [0, 0.05) is 29.4 Å². The van der Waals surface area contributed by atoms with E-state index in [1.54, 1.807) is 11.2 Å². The first-order valence-electron chi connectivity index (χ1n) is 7.29. The molecule has 1 aliphatic heterocycles. The minimum atomic E-state index is -0.862. The highest BCUT2D eigenvalue weighted by molar-refractivity contribution is 7.84. The molecule has 0 aromatic rings. The Labute approximate surface area is 123 Å². The van der Waals surface area contributed by atoms with Crippen LogP contribution in [-0.4, -0.2) is 51.6 Å². The van der Waals surface area contributed by atoms with Gasteiger partial charge in [-0.05, 0) is 18.8 Å². The maximum absolute atomic E-state index is 12.5. The van der Waals surface area contributed by atoms with E-state index in [9.17, 15) is 13.8 Å². The molecule has 116 valence electrons. The summed E-state index contributed by atoms with van der Waals surface area (Å²) in [6.07, 6.45) is 3.86. The maximum Gasteiger partial charge on any atom is 0.245 e. The number of hydrogen-bond acceptors (Lipinski definition) is 3. The second-order valence-corrected chi connectivity index (χ2v) is 7.26. The number of hydrogen-bond donors (Lipinski definition) is 1. The van der Waals surface area contributed by atoms with Crippen LogP contribution in [-0.2, 0) is 20.4 Å².